The molecule has 1 aliphatic rings. The minimum absolute atomic E-state index is 1.23. The minimum Gasteiger partial charge on any atom is -0.378 e. The lowest BCUT2D eigenvalue weighted by molar-refractivity contribution is 1.12. The average Bonchev–Trinajstić information content (AvgIpc) is 2.57. The number of rotatable bonds is 3. The molecule has 3 rings (SSSR count). The van der Waals surface area contributed by atoms with E-state index < -0.39 is 0 Å². The number of nitrogens with zero attached hydrogens (tertiary/aromatic N) is 1. The molecule has 0 aromatic heterocycles. The van der Waals surface area contributed by atoms with Gasteiger partial charge in [0.1, 0.15) is 0 Å². The van der Waals surface area contributed by atoms with E-state index in [1.54, 1.807) is 0 Å². The van der Waals surface area contributed by atoms with Crippen LogP contribution in [0.25, 0.3) is 5.57 Å². The molecule has 2 aromatic carbocycles. The molecule has 1 fully saturated rings. The molecule has 0 atom stereocenters. The van der Waals surface area contributed by atoms with E-state index in [0.717, 1.165) is 0 Å². The minimum atomic E-state index is 1.23. The average molecular weight is 328 g/mol. The van der Waals surface area contributed by atoms with Crippen LogP contribution in [0.5, 0.6) is 0 Å². The second kappa shape index (κ2) is 7.30. The maximum atomic E-state index is 2.25. The van der Waals surface area contributed by atoms with E-state index in [9.17, 15) is 0 Å². The molecule has 1 nitrogen and oxygen atoms in total. The van der Waals surface area contributed by atoms with Gasteiger partial charge in [0.25, 0.3) is 0 Å². The molecule has 1 saturated heterocycles. The van der Waals surface area contributed by atoms with E-state index >= 15 is 0 Å². The van der Waals surface area contributed by atoms with Crippen LogP contribution < -0.4 is 4.90 Å². The van der Waals surface area contributed by atoms with Crippen molar-refractivity contribution in [3.05, 3.63) is 70.0 Å². The van der Waals surface area contributed by atoms with Crippen LogP contribution in [0.1, 0.15) is 17.5 Å². The van der Waals surface area contributed by atoms with Crippen molar-refractivity contribution in [3.8, 4) is 0 Å². The van der Waals surface area contributed by atoms with E-state index in [4.69, 9.17) is 0 Å². The van der Waals surface area contributed by atoms with E-state index in [-0.39, 0.29) is 0 Å². The molecule has 1 aliphatic heterocycles. The molecule has 0 amide bonds. The third-order valence-corrected chi connectivity index (χ3v) is 6.32. The highest BCUT2D eigenvalue weighted by Crippen LogP contribution is 2.43. The van der Waals surface area contributed by atoms with Gasteiger partial charge in [0.05, 0.1) is 0 Å². The van der Waals surface area contributed by atoms with Gasteiger partial charge in [-0.2, -0.15) is 0 Å². The van der Waals surface area contributed by atoms with Crippen LogP contribution in [0.2, 0.25) is 0 Å². The molecule has 0 aliphatic carbocycles. The van der Waals surface area contributed by atoms with Gasteiger partial charge in [-0.25, -0.2) is 0 Å². The van der Waals surface area contributed by atoms with Gasteiger partial charge < -0.3 is 4.90 Å². The third-order valence-electron chi connectivity index (χ3n) is 3.69. The number of hydrogen-bond donors (Lipinski definition) is 0. The summed E-state index contributed by atoms with van der Waals surface area (Å²) in [4.78, 5) is 2.14. The fourth-order valence-electron chi connectivity index (χ4n) is 2.51. The summed E-state index contributed by atoms with van der Waals surface area (Å²) in [6.07, 6.45) is 1.31. The van der Waals surface area contributed by atoms with E-state index in [1.807, 2.05) is 23.5 Å². The Kier molecular flexibility index (Phi) is 5.16. The smallest absolute Gasteiger partial charge is 0.0485 e. The summed E-state index contributed by atoms with van der Waals surface area (Å²) >= 11 is 4.01. The van der Waals surface area contributed by atoms with Crippen LogP contribution >= 0.6 is 23.5 Å². The Morgan fingerprint density at radius 3 is 2.00 bits per heavy atom. The lowest BCUT2D eigenvalue weighted by Gasteiger charge is -2.20. The quantitative estimate of drug-likeness (QED) is 0.749. The zero-order chi connectivity index (χ0) is 15.4. The summed E-state index contributed by atoms with van der Waals surface area (Å²) in [5.41, 5.74) is 5.26. The molecule has 3 heteroatoms. The number of benzene rings is 2. The topological polar surface area (TPSA) is 3.24 Å². The van der Waals surface area contributed by atoms with Crippen molar-refractivity contribution in [2.75, 3.05) is 30.5 Å². The lowest BCUT2D eigenvalue weighted by atomic mass is 9.99. The maximum Gasteiger partial charge on any atom is 0.0485 e. The van der Waals surface area contributed by atoms with Crippen LogP contribution in [0.15, 0.2) is 58.8 Å². The van der Waals surface area contributed by atoms with Gasteiger partial charge in [-0.3, -0.25) is 0 Å². The van der Waals surface area contributed by atoms with Crippen LogP contribution in [0, 0.1) is 0 Å². The summed E-state index contributed by atoms with van der Waals surface area (Å²) < 4.78 is 1.47. The molecule has 0 saturated carbocycles. The summed E-state index contributed by atoms with van der Waals surface area (Å²) in [5.74, 6) is 2.46. The zero-order valence-electron chi connectivity index (χ0n) is 13.1. The summed E-state index contributed by atoms with van der Waals surface area (Å²) in [7, 11) is 4.16. The lowest BCUT2D eigenvalue weighted by Crippen LogP contribution is -2.08. The Hall–Kier alpha value is -1.32. The van der Waals surface area contributed by atoms with Gasteiger partial charge in [0, 0.05) is 29.6 Å². The molecule has 1 heterocycles. The van der Waals surface area contributed by atoms with Crippen molar-refractivity contribution in [1.29, 1.82) is 0 Å². The molecule has 22 heavy (non-hydrogen) atoms. The first-order valence-corrected chi connectivity index (χ1v) is 9.56. The zero-order valence-corrected chi connectivity index (χ0v) is 14.7. The SMILES string of the molecule is CN(C)c1ccc(C(=C2SCCCS2)c2ccccc2)cc1. The van der Waals surface area contributed by atoms with Crippen molar-refractivity contribution in [3.63, 3.8) is 0 Å². The van der Waals surface area contributed by atoms with Gasteiger partial charge in [-0.15, -0.1) is 23.5 Å². The standard InChI is InChI=1S/C19H21NS2/c1-20(2)17-11-9-16(10-12-17)18(15-7-4-3-5-8-15)19-21-13-6-14-22-19/h3-5,7-12H,6,13-14H2,1-2H3. The van der Waals surface area contributed by atoms with Crippen molar-refractivity contribution >= 4 is 34.8 Å². The highest BCUT2D eigenvalue weighted by atomic mass is 32.2. The third kappa shape index (κ3) is 3.53. The molecule has 0 spiro atoms. The van der Waals surface area contributed by atoms with Gasteiger partial charge in [0.15, 0.2) is 0 Å². The fourth-order valence-corrected chi connectivity index (χ4v) is 5.23. The monoisotopic (exact) mass is 327 g/mol. The number of hydrogen-bond acceptors (Lipinski definition) is 3. The van der Waals surface area contributed by atoms with E-state index in [0.29, 0.717) is 0 Å². The molecule has 0 N–H and O–H groups in total. The maximum absolute atomic E-state index is 2.25. The summed E-state index contributed by atoms with van der Waals surface area (Å²) in [6.45, 7) is 0. The predicted octanol–water partition coefficient (Wildman–Crippen LogP) is 5.34. The molecule has 2 aromatic rings. The van der Waals surface area contributed by atoms with Crippen LogP contribution in [0.4, 0.5) is 5.69 Å². The highest BCUT2D eigenvalue weighted by molar-refractivity contribution is 8.23. The Labute approximate surface area is 141 Å². The predicted molar refractivity (Wildman–Crippen MR) is 103 cm³/mol. The molecular formula is C19H21NS2. The second-order valence-electron chi connectivity index (χ2n) is 5.52. The first-order valence-electron chi connectivity index (χ1n) is 7.59. The van der Waals surface area contributed by atoms with Crippen LogP contribution in [-0.4, -0.2) is 25.6 Å². The Morgan fingerprint density at radius 1 is 0.818 bits per heavy atom. The first-order chi connectivity index (χ1) is 10.8. The van der Waals surface area contributed by atoms with Crippen molar-refractivity contribution in [2.24, 2.45) is 0 Å². The normalized spacial score (nSPS) is 14.7. The number of thioether (sulfide) groups is 2. The first kappa shape index (κ1) is 15.6. The van der Waals surface area contributed by atoms with Crippen molar-refractivity contribution < 1.29 is 0 Å². The Balaban J connectivity index is 2.05. The summed E-state index contributed by atoms with van der Waals surface area (Å²) in [5, 5.41) is 0. The van der Waals surface area contributed by atoms with Gasteiger partial charge in [-0.05, 0) is 41.2 Å². The van der Waals surface area contributed by atoms with E-state index in [2.05, 4.69) is 73.6 Å². The Morgan fingerprint density at radius 2 is 1.41 bits per heavy atom. The fraction of sp³-hybridized carbons (Fsp3) is 0.263. The van der Waals surface area contributed by atoms with Gasteiger partial charge >= 0.3 is 0 Å². The highest BCUT2D eigenvalue weighted by Gasteiger charge is 2.16. The van der Waals surface area contributed by atoms with E-state index in [1.165, 1.54) is 44.6 Å². The van der Waals surface area contributed by atoms with Crippen molar-refractivity contribution in [1.82, 2.24) is 0 Å². The summed E-state index contributed by atoms with van der Waals surface area (Å²) in [6, 6.07) is 19.7. The van der Waals surface area contributed by atoms with Gasteiger partial charge in [-0.1, -0.05) is 42.5 Å². The molecule has 0 radical (unpaired) electrons. The largest absolute Gasteiger partial charge is 0.378 e. The Bertz CT molecular complexity index is 637. The molecule has 0 bridgehead atoms. The van der Waals surface area contributed by atoms with Gasteiger partial charge in [0.2, 0.25) is 0 Å². The molecule has 114 valence electrons. The molecule has 0 unspecified atom stereocenters. The number of anilines is 1. The van der Waals surface area contributed by atoms with Crippen LogP contribution in [0.3, 0.4) is 0 Å². The van der Waals surface area contributed by atoms with Crippen LogP contribution in [-0.2, 0) is 0 Å². The second-order valence-corrected chi connectivity index (χ2v) is 7.99. The molecular weight excluding hydrogens is 306 g/mol. The van der Waals surface area contributed by atoms with Crippen molar-refractivity contribution in [2.45, 2.75) is 6.42 Å².